The standard InChI is InChI=1S/C38H30N2/c1-7-19-31(20-8-1)37(32-21-9-2-10-22-32,33-23-11-3-12-24-33)39-40-38(34-25-13-4-14-26-34,35-27-15-5-16-28-35)36-29-17-6-18-30-36/h1-30H. The van der Waals surface area contributed by atoms with Gasteiger partial charge in [0, 0.05) is 0 Å². The van der Waals surface area contributed by atoms with Crippen molar-refractivity contribution < 1.29 is 0 Å². The molecule has 0 N–H and O–H groups in total. The highest BCUT2D eigenvalue weighted by molar-refractivity contribution is 5.52. The first kappa shape index (κ1) is 25.2. The van der Waals surface area contributed by atoms with E-state index in [1.165, 1.54) is 0 Å². The second-order valence-corrected chi connectivity index (χ2v) is 9.82. The summed E-state index contributed by atoms with van der Waals surface area (Å²) in [5, 5.41) is 11.0. The van der Waals surface area contributed by atoms with Crippen LogP contribution >= 0.6 is 0 Å². The number of benzene rings is 6. The van der Waals surface area contributed by atoms with E-state index in [1.54, 1.807) is 0 Å². The van der Waals surface area contributed by atoms with Gasteiger partial charge in [-0.2, -0.15) is 10.2 Å². The van der Waals surface area contributed by atoms with E-state index in [-0.39, 0.29) is 0 Å². The van der Waals surface area contributed by atoms with Crippen LogP contribution in [0.15, 0.2) is 192 Å². The maximum Gasteiger partial charge on any atom is 0.156 e. The van der Waals surface area contributed by atoms with Crippen LogP contribution in [-0.4, -0.2) is 0 Å². The SMILES string of the molecule is c1ccc(C(N=NC(c2ccccc2)(c2ccccc2)c2ccccc2)(c2ccccc2)c2ccccc2)cc1. The van der Waals surface area contributed by atoms with Gasteiger partial charge in [0.25, 0.3) is 0 Å². The van der Waals surface area contributed by atoms with Gasteiger partial charge in [-0.15, -0.1) is 0 Å². The molecule has 0 bridgehead atoms. The Morgan fingerprint density at radius 1 is 0.225 bits per heavy atom. The van der Waals surface area contributed by atoms with Crippen LogP contribution in [0, 0.1) is 0 Å². The lowest BCUT2D eigenvalue weighted by molar-refractivity contribution is 0.524. The third-order valence-electron chi connectivity index (χ3n) is 7.50. The number of nitrogens with zero attached hydrogens (tertiary/aromatic N) is 2. The van der Waals surface area contributed by atoms with Gasteiger partial charge in [-0.05, 0) is 33.4 Å². The van der Waals surface area contributed by atoms with Gasteiger partial charge in [0.1, 0.15) is 0 Å². The Bertz CT molecular complexity index is 1330. The van der Waals surface area contributed by atoms with Gasteiger partial charge in [0.05, 0.1) is 0 Å². The molecule has 0 radical (unpaired) electrons. The zero-order valence-electron chi connectivity index (χ0n) is 22.2. The summed E-state index contributed by atoms with van der Waals surface area (Å²) >= 11 is 0. The highest BCUT2D eigenvalue weighted by Gasteiger charge is 2.41. The predicted molar refractivity (Wildman–Crippen MR) is 163 cm³/mol. The molecule has 0 aliphatic rings. The Labute approximate surface area is 236 Å². The van der Waals surface area contributed by atoms with E-state index >= 15 is 0 Å². The summed E-state index contributed by atoms with van der Waals surface area (Å²) < 4.78 is 0. The minimum Gasteiger partial charge on any atom is -0.171 e. The van der Waals surface area contributed by atoms with Crippen molar-refractivity contribution in [3.63, 3.8) is 0 Å². The van der Waals surface area contributed by atoms with Crippen molar-refractivity contribution in [3.8, 4) is 0 Å². The second kappa shape index (κ2) is 11.3. The first-order chi connectivity index (χ1) is 19.8. The Morgan fingerprint density at radius 2 is 0.375 bits per heavy atom. The third kappa shape index (κ3) is 4.54. The molecule has 0 aromatic heterocycles. The summed E-state index contributed by atoms with van der Waals surface area (Å²) in [6.07, 6.45) is 0. The van der Waals surface area contributed by atoms with Gasteiger partial charge in [0.15, 0.2) is 11.1 Å². The van der Waals surface area contributed by atoms with Crippen LogP contribution < -0.4 is 0 Å². The Kier molecular flexibility index (Phi) is 7.15. The Morgan fingerprint density at radius 3 is 0.525 bits per heavy atom. The number of rotatable bonds is 8. The number of hydrogen-bond donors (Lipinski definition) is 0. The van der Waals surface area contributed by atoms with E-state index < -0.39 is 11.1 Å². The van der Waals surface area contributed by atoms with E-state index in [9.17, 15) is 0 Å². The summed E-state index contributed by atoms with van der Waals surface area (Å²) in [5.41, 5.74) is 4.59. The van der Waals surface area contributed by atoms with E-state index in [2.05, 4.69) is 146 Å². The topological polar surface area (TPSA) is 24.7 Å². The fraction of sp³-hybridized carbons (Fsp3) is 0.0526. The summed E-state index contributed by atoms with van der Waals surface area (Å²) in [6.45, 7) is 0. The third-order valence-corrected chi connectivity index (χ3v) is 7.50. The maximum absolute atomic E-state index is 5.49. The highest BCUT2D eigenvalue weighted by Crippen LogP contribution is 2.46. The molecule has 0 aliphatic heterocycles. The molecular formula is C38H30N2. The molecule has 0 saturated carbocycles. The van der Waals surface area contributed by atoms with Crippen molar-refractivity contribution in [1.29, 1.82) is 0 Å². The van der Waals surface area contributed by atoms with Gasteiger partial charge >= 0.3 is 0 Å². The first-order valence-electron chi connectivity index (χ1n) is 13.6. The zero-order valence-corrected chi connectivity index (χ0v) is 22.2. The van der Waals surface area contributed by atoms with Crippen LogP contribution in [-0.2, 0) is 11.1 Å². The Hall–Kier alpha value is -5.08. The molecule has 6 aromatic carbocycles. The molecule has 2 heteroatoms. The lowest BCUT2D eigenvalue weighted by atomic mass is 9.76. The molecule has 192 valence electrons. The largest absolute Gasteiger partial charge is 0.171 e. The van der Waals surface area contributed by atoms with E-state index in [1.807, 2.05) is 36.4 Å². The lowest BCUT2D eigenvalue weighted by Gasteiger charge is -2.35. The van der Waals surface area contributed by atoms with Crippen molar-refractivity contribution in [1.82, 2.24) is 0 Å². The smallest absolute Gasteiger partial charge is 0.156 e. The first-order valence-corrected chi connectivity index (χ1v) is 13.6. The van der Waals surface area contributed by atoms with Crippen molar-refractivity contribution in [2.24, 2.45) is 10.2 Å². The lowest BCUT2D eigenvalue weighted by Crippen LogP contribution is -2.31. The molecule has 0 atom stereocenters. The molecule has 0 heterocycles. The number of azo groups is 1. The summed E-state index contributed by atoms with van der Waals surface area (Å²) in [7, 11) is 0. The summed E-state index contributed by atoms with van der Waals surface area (Å²) in [6, 6.07) is 62.9. The van der Waals surface area contributed by atoms with Gasteiger partial charge in [-0.3, -0.25) is 0 Å². The molecule has 0 fully saturated rings. The fourth-order valence-electron chi connectivity index (χ4n) is 5.57. The summed E-state index contributed by atoms with van der Waals surface area (Å²) in [4.78, 5) is 0. The maximum atomic E-state index is 5.49. The van der Waals surface area contributed by atoms with Gasteiger partial charge in [-0.25, -0.2) is 0 Å². The molecule has 0 unspecified atom stereocenters. The van der Waals surface area contributed by atoms with Crippen LogP contribution in [0.2, 0.25) is 0 Å². The molecule has 2 nitrogen and oxygen atoms in total. The molecule has 0 amide bonds. The van der Waals surface area contributed by atoms with Gasteiger partial charge in [0.2, 0.25) is 0 Å². The fourth-order valence-corrected chi connectivity index (χ4v) is 5.57. The minimum absolute atomic E-state index is 0.868. The molecular weight excluding hydrogens is 484 g/mol. The molecule has 0 aliphatic carbocycles. The van der Waals surface area contributed by atoms with E-state index in [0.29, 0.717) is 0 Å². The average Bonchev–Trinajstić information content (AvgIpc) is 3.06. The van der Waals surface area contributed by atoms with Crippen molar-refractivity contribution >= 4 is 0 Å². The number of hydrogen-bond acceptors (Lipinski definition) is 2. The normalized spacial score (nSPS) is 11.9. The molecule has 40 heavy (non-hydrogen) atoms. The van der Waals surface area contributed by atoms with Crippen LogP contribution in [0.4, 0.5) is 0 Å². The monoisotopic (exact) mass is 514 g/mol. The highest BCUT2D eigenvalue weighted by atomic mass is 15.2. The van der Waals surface area contributed by atoms with Crippen LogP contribution in [0.1, 0.15) is 33.4 Å². The predicted octanol–water partition coefficient (Wildman–Crippen LogP) is 9.42. The Balaban J connectivity index is 1.72. The molecule has 6 rings (SSSR count). The van der Waals surface area contributed by atoms with Crippen LogP contribution in [0.25, 0.3) is 0 Å². The summed E-state index contributed by atoms with van der Waals surface area (Å²) in [5.74, 6) is 0. The van der Waals surface area contributed by atoms with Crippen LogP contribution in [0.5, 0.6) is 0 Å². The molecule has 0 saturated heterocycles. The quantitative estimate of drug-likeness (QED) is 0.143. The van der Waals surface area contributed by atoms with E-state index in [4.69, 9.17) is 10.2 Å². The van der Waals surface area contributed by atoms with E-state index in [0.717, 1.165) is 33.4 Å². The minimum atomic E-state index is -0.868. The van der Waals surface area contributed by atoms with Crippen molar-refractivity contribution in [3.05, 3.63) is 215 Å². The van der Waals surface area contributed by atoms with Crippen molar-refractivity contribution in [2.75, 3.05) is 0 Å². The van der Waals surface area contributed by atoms with Gasteiger partial charge in [-0.1, -0.05) is 182 Å². The molecule has 6 aromatic rings. The van der Waals surface area contributed by atoms with Crippen LogP contribution in [0.3, 0.4) is 0 Å². The second-order valence-electron chi connectivity index (χ2n) is 9.82. The average molecular weight is 515 g/mol. The molecule has 0 spiro atoms. The van der Waals surface area contributed by atoms with Gasteiger partial charge < -0.3 is 0 Å². The zero-order chi connectivity index (χ0) is 27.1. The van der Waals surface area contributed by atoms with Crippen molar-refractivity contribution in [2.45, 2.75) is 11.1 Å².